The topological polar surface area (TPSA) is 84.3 Å². The van der Waals surface area contributed by atoms with Crippen molar-refractivity contribution in [3.05, 3.63) is 53.3 Å². The predicted molar refractivity (Wildman–Crippen MR) is 101 cm³/mol. The third-order valence-electron chi connectivity index (χ3n) is 5.29. The average Bonchev–Trinajstić information content (AvgIpc) is 3.01. The summed E-state index contributed by atoms with van der Waals surface area (Å²) in [7, 11) is -3.43. The fourth-order valence-electron chi connectivity index (χ4n) is 3.54. The Hall–Kier alpha value is -2.19. The molecule has 2 aliphatic rings. The standard InChI is InChI=1S/C19H24N4O3S/c24-19(16-7-4-8-16)22-9-10-23-18(13-22)11-17(21-23)12-20-27(25,26)14-15-5-2-1-3-6-15/h1-3,5-6,11,16,20H,4,7-10,12-14H2. The molecule has 0 saturated heterocycles. The molecule has 7 nitrogen and oxygen atoms in total. The second kappa shape index (κ2) is 7.44. The van der Waals surface area contributed by atoms with Gasteiger partial charge in [0.15, 0.2) is 0 Å². The number of benzene rings is 1. The fraction of sp³-hybridized carbons (Fsp3) is 0.474. The van der Waals surface area contributed by atoms with Gasteiger partial charge in [0.1, 0.15) is 0 Å². The Morgan fingerprint density at radius 1 is 1.19 bits per heavy atom. The minimum atomic E-state index is -3.43. The summed E-state index contributed by atoms with van der Waals surface area (Å²) >= 11 is 0. The van der Waals surface area contributed by atoms with Crippen LogP contribution in [0.1, 0.15) is 36.2 Å². The average molecular weight is 388 g/mol. The Morgan fingerprint density at radius 3 is 2.67 bits per heavy atom. The molecule has 0 radical (unpaired) electrons. The summed E-state index contributed by atoms with van der Waals surface area (Å²) < 4.78 is 29.0. The number of hydrogen-bond acceptors (Lipinski definition) is 4. The summed E-state index contributed by atoms with van der Waals surface area (Å²) in [6.45, 7) is 2.04. The summed E-state index contributed by atoms with van der Waals surface area (Å²) in [5.74, 6) is 0.396. The monoisotopic (exact) mass is 388 g/mol. The van der Waals surface area contributed by atoms with E-state index in [9.17, 15) is 13.2 Å². The van der Waals surface area contributed by atoms with Crippen molar-refractivity contribution in [3.63, 3.8) is 0 Å². The van der Waals surface area contributed by atoms with Crippen molar-refractivity contribution in [1.82, 2.24) is 19.4 Å². The van der Waals surface area contributed by atoms with E-state index < -0.39 is 10.0 Å². The second-order valence-electron chi connectivity index (χ2n) is 7.30. The van der Waals surface area contributed by atoms with Gasteiger partial charge in [0, 0.05) is 12.5 Å². The summed E-state index contributed by atoms with van der Waals surface area (Å²) in [4.78, 5) is 14.3. The van der Waals surface area contributed by atoms with E-state index in [1.165, 1.54) is 0 Å². The van der Waals surface area contributed by atoms with Gasteiger partial charge in [0.25, 0.3) is 0 Å². The van der Waals surface area contributed by atoms with Crippen LogP contribution in [0.3, 0.4) is 0 Å². The van der Waals surface area contributed by atoms with Crippen LogP contribution in [0.2, 0.25) is 0 Å². The molecule has 1 amide bonds. The van der Waals surface area contributed by atoms with Crippen molar-refractivity contribution in [1.29, 1.82) is 0 Å². The number of nitrogens with zero attached hydrogens (tertiary/aromatic N) is 3. The zero-order valence-electron chi connectivity index (χ0n) is 15.2. The summed E-state index contributed by atoms with van der Waals surface area (Å²) in [5, 5.41) is 4.49. The second-order valence-corrected chi connectivity index (χ2v) is 9.11. The van der Waals surface area contributed by atoms with Crippen molar-refractivity contribution in [2.45, 2.75) is 44.6 Å². The Kier molecular flexibility index (Phi) is 5.01. The lowest BCUT2D eigenvalue weighted by atomic mass is 9.84. The van der Waals surface area contributed by atoms with E-state index in [1.54, 1.807) is 12.1 Å². The van der Waals surface area contributed by atoms with Gasteiger partial charge in [-0.25, -0.2) is 13.1 Å². The molecule has 1 aliphatic carbocycles. The van der Waals surface area contributed by atoms with E-state index in [0.717, 1.165) is 30.5 Å². The van der Waals surface area contributed by atoms with Gasteiger partial charge in [-0.05, 0) is 24.5 Å². The quantitative estimate of drug-likeness (QED) is 0.815. The first-order valence-corrected chi connectivity index (χ1v) is 11.0. The zero-order chi connectivity index (χ0) is 18.9. The molecule has 27 heavy (non-hydrogen) atoms. The summed E-state index contributed by atoms with van der Waals surface area (Å²) in [5.41, 5.74) is 2.39. The maximum atomic E-state index is 12.4. The molecule has 1 aromatic heterocycles. The lowest BCUT2D eigenvalue weighted by Gasteiger charge is -2.34. The minimum absolute atomic E-state index is 0.0505. The van der Waals surface area contributed by atoms with Crippen molar-refractivity contribution in [3.8, 4) is 0 Å². The lowest BCUT2D eigenvalue weighted by Crippen LogP contribution is -2.43. The molecule has 4 rings (SSSR count). The highest BCUT2D eigenvalue weighted by molar-refractivity contribution is 7.88. The van der Waals surface area contributed by atoms with Crippen LogP contribution in [0.25, 0.3) is 0 Å². The van der Waals surface area contributed by atoms with Crippen LogP contribution < -0.4 is 4.72 Å². The van der Waals surface area contributed by atoms with Crippen molar-refractivity contribution in [2.75, 3.05) is 6.54 Å². The van der Waals surface area contributed by atoms with Crippen LogP contribution in [0, 0.1) is 5.92 Å². The first-order valence-electron chi connectivity index (χ1n) is 9.36. The summed E-state index contributed by atoms with van der Waals surface area (Å²) in [6, 6.07) is 11.0. The van der Waals surface area contributed by atoms with Crippen molar-refractivity contribution < 1.29 is 13.2 Å². The van der Waals surface area contributed by atoms with Gasteiger partial charge in [-0.2, -0.15) is 5.10 Å². The molecule has 2 aromatic rings. The van der Waals surface area contributed by atoms with E-state index in [0.29, 0.717) is 25.3 Å². The van der Waals surface area contributed by atoms with Crippen LogP contribution in [0.4, 0.5) is 0 Å². The minimum Gasteiger partial charge on any atom is -0.335 e. The smallest absolute Gasteiger partial charge is 0.226 e. The molecule has 0 atom stereocenters. The highest BCUT2D eigenvalue weighted by Gasteiger charge is 2.31. The molecule has 1 N–H and O–H groups in total. The third-order valence-corrected chi connectivity index (χ3v) is 6.58. The van der Waals surface area contributed by atoms with Gasteiger partial charge in [0.05, 0.1) is 36.8 Å². The van der Waals surface area contributed by atoms with Crippen LogP contribution in [-0.4, -0.2) is 35.6 Å². The van der Waals surface area contributed by atoms with Crippen LogP contribution in [-0.2, 0) is 40.2 Å². The molecule has 0 spiro atoms. The number of nitrogens with one attached hydrogen (secondary N) is 1. The van der Waals surface area contributed by atoms with Gasteiger partial charge >= 0.3 is 0 Å². The van der Waals surface area contributed by atoms with Crippen LogP contribution in [0.5, 0.6) is 0 Å². The molecule has 1 aromatic carbocycles. The lowest BCUT2D eigenvalue weighted by molar-refractivity contribution is -0.139. The maximum absolute atomic E-state index is 12.4. The third kappa shape index (κ3) is 4.22. The molecule has 2 heterocycles. The first kappa shape index (κ1) is 18.2. The van der Waals surface area contributed by atoms with Crippen LogP contribution >= 0.6 is 0 Å². The first-order chi connectivity index (χ1) is 13.0. The number of hydrogen-bond donors (Lipinski definition) is 1. The molecule has 1 aliphatic heterocycles. The molecule has 1 saturated carbocycles. The van der Waals surface area contributed by atoms with Gasteiger partial charge in [0.2, 0.25) is 15.9 Å². The van der Waals surface area contributed by atoms with E-state index in [-0.39, 0.29) is 24.1 Å². The van der Waals surface area contributed by atoms with E-state index >= 15 is 0 Å². The molecule has 8 heteroatoms. The number of fused-ring (bicyclic) bond motifs is 1. The highest BCUT2D eigenvalue weighted by Crippen LogP contribution is 2.29. The Morgan fingerprint density at radius 2 is 1.96 bits per heavy atom. The number of carbonyl (C=O) groups excluding carboxylic acids is 1. The van der Waals surface area contributed by atoms with Gasteiger partial charge in [-0.15, -0.1) is 0 Å². The van der Waals surface area contributed by atoms with E-state index in [2.05, 4.69) is 9.82 Å². The zero-order valence-corrected chi connectivity index (χ0v) is 16.0. The number of sulfonamides is 1. The Labute approximate surface area is 159 Å². The van der Waals surface area contributed by atoms with Gasteiger partial charge in [-0.1, -0.05) is 36.8 Å². The fourth-order valence-corrected chi connectivity index (χ4v) is 4.64. The Balaban J connectivity index is 1.36. The SMILES string of the molecule is O=C(C1CCC1)N1CCn2nc(CNS(=O)(=O)Cc3ccccc3)cc2C1. The van der Waals surface area contributed by atoms with E-state index in [1.807, 2.05) is 33.8 Å². The number of amides is 1. The number of aromatic nitrogens is 2. The van der Waals surface area contributed by atoms with Gasteiger partial charge < -0.3 is 4.90 Å². The molecule has 0 unspecified atom stereocenters. The molecule has 0 bridgehead atoms. The van der Waals surface area contributed by atoms with Crippen LogP contribution in [0.15, 0.2) is 36.4 Å². The summed E-state index contributed by atoms with van der Waals surface area (Å²) in [6.07, 6.45) is 3.15. The molecular formula is C19H24N4O3S. The normalized spacial score (nSPS) is 17.4. The molecular weight excluding hydrogens is 364 g/mol. The largest absolute Gasteiger partial charge is 0.335 e. The van der Waals surface area contributed by atoms with Gasteiger partial charge in [-0.3, -0.25) is 9.48 Å². The maximum Gasteiger partial charge on any atom is 0.226 e. The number of rotatable bonds is 6. The highest BCUT2D eigenvalue weighted by atomic mass is 32.2. The predicted octanol–water partition coefficient (Wildman–Crippen LogP) is 1.64. The Bertz CT molecular complexity index is 920. The number of carbonyl (C=O) groups is 1. The van der Waals surface area contributed by atoms with E-state index in [4.69, 9.17) is 0 Å². The molecule has 144 valence electrons. The van der Waals surface area contributed by atoms with Crippen molar-refractivity contribution >= 4 is 15.9 Å². The molecule has 1 fully saturated rings. The van der Waals surface area contributed by atoms with Crippen molar-refractivity contribution in [2.24, 2.45) is 5.92 Å².